The summed E-state index contributed by atoms with van der Waals surface area (Å²) in [4.78, 5) is 10.0. The lowest BCUT2D eigenvalue weighted by Gasteiger charge is -2.04. The van der Waals surface area contributed by atoms with E-state index in [0.29, 0.717) is 18.0 Å². The van der Waals surface area contributed by atoms with Crippen molar-refractivity contribution in [3.63, 3.8) is 0 Å². The molecule has 1 aromatic rings. The largest absolute Gasteiger partial charge is 0.463 e. The van der Waals surface area contributed by atoms with Crippen LogP contribution in [0.25, 0.3) is 0 Å². The number of halogens is 1. The van der Waals surface area contributed by atoms with Gasteiger partial charge in [-0.2, -0.15) is 0 Å². The number of fused-ring (bicyclic) bond motifs is 1. The van der Waals surface area contributed by atoms with Gasteiger partial charge in [0, 0.05) is 10.0 Å². The van der Waals surface area contributed by atoms with Crippen LogP contribution >= 0.6 is 15.9 Å². The first-order chi connectivity index (χ1) is 6.81. The number of ether oxygens (including phenoxy) is 3. The van der Waals surface area contributed by atoms with Crippen LogP contribution in [0.1, 0.15) is 5.56 Å². The second-order valence-corrected chi connectivity index (χ2v) is 3.56. The maximum absolute atomic E-state index is 10.0. The summed E-state index contributed by atoms with van der Waals surface area (Å²) in [6.07, 6.45) is 0. The first-order valence-corrected chi connectivity index (χ1v) is 4.74. The molecule has 74 valence electrons. The van der Waals surface area contributed by atoms with E-state index >= 15 is 0 Å². The molecule has 2 rings (SSSR count). The van der Waals surface area contributed by atoms with Gasteiger partial charge < -0.3 is 14.2 Å². The molecule has 0 fully saturated rings. The minimum Gasteiger partial charge on any atom is -0.463 e. The normalized spacial score (nSPS) is 12.6. The molecule has 5 heteroatoms. The van der Waals surface area contributed by atoms with E-state index in [1.807, 2.05) is 0 Å². The van der Waals surface area contributed by atoms with E-state index in [4.69, 9.17) is 9.47 Å². The predicted octanol–water partition coefficient (Wildman–Crippen LogP) is 1.85. The summed E-state index contributed by atoms with van der Waals surface area (Å²) in [7, 11) is 0. The van der Waals surface area contributed by atoms with Gasteiger partial charge in [-0.1, -0.05) is 15.9 Å². The van der Waals surface area contributed by atoms with Crippen LogP contribution in [-0.2, 0) is 16.1 Å². The van der Waals surface area contributed by atoms with Gasteiger partial charge in [0.25, 0.3) is 6.47 Å². The number of carbonyl (C=O) groups is 1. The van der Waals surface area contributed by atoms with Crippen LogP contribution in [0.15, 0.2) is 16.6 Å². The highest BCUT2D eigenvalue weighted by molar-refractivity contribution is 9.10. The molecule has 0 aliphatic carbocycles. The fourth-order valence-corrected chi connectivity index (χ4v) is 1.63. The smallest absolute Gasteiger partial charge is 0.293 e. The maximum Gasteiger partial charge on any atom is 0.293 e. The van der Waals surface area contributed by atoms with Crippen LogP contribution in [-0.4, -0.2) is 13.3 Å². The average Bonchev–Trinajstić information content (AvgIpc) is 2.61. The van der Waals surface area contributed by atoms with Crippen LogP contribution in [0.3, 0.4) is 0 Å². The lowest BCUT2D eigenvalue weighted by molar-refractivity contribution is -0.129. The fourth-order valence-electron chi connectivity index (χ4n) is 1.19. The maximum atomic E-state index is 10.0. The highest BCUT2D eigenvalue weighted by Gasteiger charge is 2.16. The Balaban J connectivity index is 2.27. The monoisotopic (exact) mass is 258 g/mol. The van der Waals surface area contributed by atoms with Gasteiger partial charge in [0.2, 0.25) is 6.79 Å². The zero-order valence-corrected chi connectivity index (χ0v) is 8.74. The Bertz CT molecular complexity index is 364. The van der Waals surface area contributed by atoms with Crippen LogP contribution < -0.4 is 9.47 Å². The van der Waals surface area contributed by atoms with Gasteiger partial charge in [-0.25, -0.2) is 0 Å². The average molecular weight is 259 g/mol. The molecule has 14 heavy (non-hydrogen) atoms. The molecule has 0 N–H and O–H groups in total. The van der Waals surface area contributed by atoms with Crippen molar-refractivity contribution in [1.29, 1.82) is 0 Å². The molecule has 0 spiro atoms. The lowest BCUT2D eigenvalue weighted by atomic mass is 10.2. The van der Waals surface area contributed by atoms with Crippen molar-refractivity contribution in [2.45, 2.75) is 6.61 Å². The topological polar surface area (TPSA) is 44.8 Å². The van der Waals surface area contributed by atoms with Gasteiger partial charge in [0.1, 0.15) is 6.61 Å². The molecule has 1 heterocycles. The van der Waals surface area contributed by atoms with Gasteiger partial charge in [0.15, 0.2) is 11.5 Å². The molecule has 1 aromatic carbocycles. The highest BCUT2D eigenvalue weighted by atomic mass is 79.9. The molecular formula is C9H7BrO4. The highest BCUT2D eigenvalue weighted by Crippen LogP contribution is 2.36. The Labute approximate surface area is 88.9 Å². The minimum atomic E-state index is 0.223. The summed E-state index contributed by atoms with van der Waals surface area (Å²) in [6, 6.07) is 3.59. The molecule has 1 aliphatic heterocycles. The number of benzene rings is 1. The minimum absolute atomic E-state index is 0.223. The number of hydrogen-bond donors (Lipinski definition) is 0. The number of carbonyl (C=O) groups excluding carboxylic acids is 1. The summed E-state index contributed by atoms with van der Waals surface area (Å²) >= 11 is 3.35. The number of hydrogen-bond acceptors (Lipinski definition) is 4. The molecule has 1 aliphatic rings. The standard InChI is InChI=1S/C9H7BrO4/c10-7-2-9-8(13-5-14-9)1-6(7)3-12-4-11/h1-2,4H,3,5H2. The van der Waals surface area contributed by atoms with Crippen LogP contribution in [0.2, 0.25) is 0 Å². The van der Waals surface area contributed by atoms with E-state index in [2.05, 4.69) is 20.7 Å². The van der Waals surface area contributed by atoms with E-state index in [-0.39, 0.29) is 13.4 Å². The zero-order chi connectivity index (χ0) is 9.97. The van der Waals surface area contributed by atoms with Crippen LogP contribution in [0.4, 0.5) is 0 Å². The van der Waals surface area contributed by atoms with Gasteiger partial charge in [-0.15, -0.1) is 0 Å². The first kappa shape index (κ1) is 9.33. The van der Waals surface area contributed by atoms with Crippen molar-refractivity contribution in [2.75, 3.05) is 6.79 Å². The van der Waals surface area contributed by atoms with Gasteiger partial charge >= 0.3 is 0 Å². The lowest BCUT2D eigenvalue weighted by Crippen LogP contribution is -1.93. The Morgan fingerprint density at radius 2 is 2.14 bits per heavy atom. The summed E-state index contributed by atoms with van der Waals surface area (Å²) in [5.74, 6) is 1.38. The summed E-state index contributed by atoms with van der Waals surface area (Å²) < 4.78 is 15.9. The molecule has 0 aromatic heterocycles. The predicted molar refractivity (Wildman–Crippen MR) is 51.1 cm³/mol. The summed E-state index contributed by atoms with van der Waals surface area (Å²) in [5, 5.41) is 0. The Morgan fingerprint density at radius 1 is 1.43 bits per heavy atom. The molecule has 0 amide bonds. The van der Waals surface area contributed by atoms with Crippen molar-refractivity contribution in [3.8, 4) is 11.5 Å². The fraction of sp³-hybridized carbons (Fsp3) is 0.222. The van der Waals surface area contributed by atoms with Gasteiger partial charge in [-0.05, 0) is 12.1 Å². The molecule has 0 bridgehead atoms. The Hall–Kier alpha value is -1.23. The Kier molecular flexibility index (Phi) is 2.58. The molecule has 0 saturated carbocycles. The first-order valence-electron chi connectivity index (χ1n) is 3.94. The molecule has 0 radical (unpaired) electrons. The van der Waals surface area contributed by atoms with Crippen LogP contribution in [0.5, 0.6) is 11.5 Å². The molecule has 0 atom stereocenters. The molecular weight excluding hydrogens is 252 g/mol. The van der Waals surface area contributed by atoms with Crippen molar-refractivity contribution in [2.24, 2.45) is 0 Å². The van der Waals surface area contributed by atoms with Crippen molar-refractivity contribution in [3.05, 3.63) is 22.2 Å². The second-order valence-electron chi connectivity index (χ2n) is 2.70. The summed E-state index contributed by atoms with van der Waals surface area (Å²) in [5.41, 5.74) is 0.848. The van der Waals surface area contributed by atoms with Crippen molar-refractivity contribution >= 4 is 22.4 Å². The van der Waals surface area contributed by atoms with E-state index < -0.39 is 0 Å². The van der Waals surface area contributed by atoms with Crippen LogP contribution in [0, 0.1) is 0 Å². The van der Waals surface area contributed by atoms with Gasteiger partial charge in [0.05, 0.1) is 0 Å². The zero-order valence-electron chi connectivity index (χ0n) is 7.16. The van der Waals surface area contributed by atoms with E-state index in [0.717, 1.165) is 10.0 Å². The third-order valence-corrected chi connectivity index (χ3v) is 2.59. The summed E-state index contributed by atoms with van der Waals surface area (Å²) in [6.45, 7) is 0.873. The van der Waals surface area contributed by atoms with Gasteiger partial charge in [-0.3, -0.25) is 4.79 Å². The van der Waals surface area contributed by atoms with E-state index in [1.54, 1.807) is 12.1 Å². The van der Waals surface area contributed by atoms with E-state index in [9.17, 15) is 4.79 Å². The molecule has 0 unspecified atom stereocenters. The molecule has 0 saturated heterocycles. The SMILES string of the molecule is O=COCc1cc2c(cc1Br)OCO2. The Morgan fingerprint density at radius 3 is 2.86 bits per heavy atom. The third-order valence-electron chi connectivity index (χ3n) is 1.85. The van der Waals surface area contributed by atoms with E-state index in [1.165, 1.54) is 0 Å². The third kappa shape index (κ3) is 1.68. The number of rotatable bonds is 3. The second kappa shape index (κ2) is 3.88. The quantitative estimate of drug-likeness (QED) is 0.777. The van der Waals surface area contributed by atoms with Crippen molar-refractivity contribution in [1.82, 2.24) is 0 Å². The van der Waals surface area contributed by atoms with Crippen molar-refractivity contribution < 1.29 is 19.0 Å². The molecule has 4 nitrogen and oxygen atoms in total.